The van der Waals surface area contributed by atoms with Crippen molar-refractivity contribution in [3.8, 4) is 0 Å². The van der Waals surface area contributed by atoms with Gasteiger partial charge in [0.15, 0.2) is 5.82 Å². The highest BCUT2D eigenvalue weighted by molar-refractivity contribution is 5.18. The molecule has 5 nitrogen and oxygen atoms in total. The number of nitrogens with zero attached hydrogens (tertiary/aromatic N) is 4. The molecule has 1 aromatic carbocycles. The number of rotatable bonds is 5. The molecule has 17 heavy (non-hydrogen) atoms. The minimum atomic E-state index is 0.398. The standard InChI is InChI=1S/C12H17N5/c1-10(11-6-4-3-5-7-11)9-17-12(8-13-2)14-15-16-17/h3-7,10,13H,8-9H2,1-2H3. The second-order valence-electron chi connectivity index (χ2n) is 4.12. The average Bonchev–Trinajstić information content (AvgIpc) is 2.78. The van der Waals surface area contributed by atoms with Crippen molar-refractivity contribution in [2.75, 3.05) is 7.05 Å². The Morgan fingerprint density at radius 2 is 2.06 bits per heavy atom. The summed E-state index contributed by atoms with van der Waals surface area (Å²) in [4.78, 5) is 0. The average molecular weight is 231 g/mol. The van der Waals surface area contributed by atoms with Gasteiger partial charge in [0.2, 0.25) is 0 Å². The Bertz CT molecular complexity index is 451. The molecule has 2 rings (SSSR count). The highest BCUT2D eigenvalue weighted by Gasteiger charge is 2.10. The van der Waals surface area contributed by atoms with Crippen molar-refractivity contribution < 1.29 is 0 Å². The van der Waals surface area contributed by atoms with E-state index in [9.17, 15) is 0 Å². The van der Waals surface area contributed by atoms with Crippen molar-refractivity contribution in [1.82, 2.24) is 25.5 Å². The molecule has 2 aromatic rings. The lowest BCUT2D eigenvalue weighted by Crippen LogP contribution is -2.16. The van der Waals surface area contributed by atoms with Gasteiger partial charge in [-0.15, -0.1) is 5.10 Å². The summed E-state index contributed by atoms with van der Waals surface area (Å²) in [6.07, 6.45) is 0. The Kier molecular flexibility index (Phi) is 3.82. The Morgan fingerprint density at radius 1 is 1.29 bits per heavy atom. The Balaban J connectivity index is 2.08. The van der Waals surface area contributed by atoms with Gasteiger partial charge in [-0.2, -0.15) is 0 Å². The van der Waals surface area contributed by atoms with E-state index in [2.05, 4.69) is 52.0 Å². The van der Waals surface area contributed by atoms with Gasteiger partial charge in [0.05, 0.1) is 13.1 Å². The normalized spacial score (nSPS) is 12.6. The first kappa shape index (κ1) is 11.7. The summed E-state index contributed by atoms with van der Waals surface area (Å²) in [6, 6.07) is 10.4. The second-order valence-corrected chi connectivity index (χ2v) is 4.12. The molecule has 0 saturated heterocycles. The molecule has 0 fully saturated rings. The zero-order chi connectivity index (χ0) is 12.1. The van der Waals surface area contributed by atoms with Crippen LogP contribution in [0.5, 0.6) is 0 Å². The van der Waals surface area contributed by atoms with E-state index in [1.807, 2.05) is 17.8 Å². The molecule has 0 aliphatic rings. The van der Waals surface area contributed by atoms with Gasteiger partial charge in [-0.05, 0) is 23.0 Å². The van der Waals surface area contributed by atoms with Crippen molar-refractivity contribution in [3.05, 3.63) is 41.7 Å². The van der Waals surface area contributed by atoms with Crippen LogP contribution < -0.4 is 5.32 Å². The minimum Gasteiger partial charge on any atom is -0.313 e. The Hall–Kier alpha value is -1.75. The maximum absolute atomic E-state index is 4.02. The third-order valence-electron chi connectivity index (χ3n) is 2.76. The zero-order valence-electron chi connectivity index (χ0n) is 10.2. The summed E-state index contributed by atoms with van der Waals surface area (Å²) in [5.74, 6) is 1.27. The van der Waals surface area contributed by atoms with Crippen LogP contribution in [0.2, 0.25) is 0 Å². The van der Waals surface area contributed by atoms with Gasteiger partial charge in [-0.3, -0.25) is 0 Å². The maximum atomic E-state index is 4.02. The molecule has 0 radical (unpaired) electrons. The van der Waals surface area contributed by atoms with Crippen LogP contribution in [0.15, 0.2) is 30.3 Å². The highest BCUT2D eigenvalue weighted by atomic mass is 15.5. The van der Waals surface area contributed by atoms with Gasteiger partial charge >= 0.3 is 0 Å². The first-order valence-electron chi connectivity index (χ1n) is 5.76. The van der Waals surface area contributed by atoms with E-state index in [4.69, 9.17) is 0 Å². The minimum absolute atomic E-state index is 0.398. The summed E-state index contributed by atoms with van der Waals surface area (Å²) < 4.78 is 1.86. The summed E-state index contributed by atoms with van der Waals surface area (Å²) >= 11 is 0. The number of hydrogen-bond donors (Lipinski definition) is 1. The predicted molar refractivity (Wildman–Crippen MR) is 65.4 cm³/mol. The molecule has 0 aliphatic carbocycles. The van der Waals surface area contributed by atoms with Crippen LogP contribution >= 0.6 is 0 Å². The molecular formula is C12H17N5. The van der Waals surface area contributed by atoms with Crippen LogP contribution in [0.3, 0.4) is 0 Å². The molecule has 1 aromatic heterocycles. The largest absolute Gasteiger partial charge is 0.313 e. The van der Waals surface area contributed by atoms with Crippen molar-refractivity contribution in [3.63, 3.8) is 0 Å². The molecule has 90 valence electrons. The van der Waals surface area contributed by atoms with E-state index >= 15 is 0 Å². The van der Waals surface area contributed by atoms with Crippen LogP contribution in [0.25, 0.3) is 0 Å². The first-order chi connectivity index (χ1) is 8.31. The van der Waals surface area contributed by atoms with E-state index in [1.54, 1.807) is 0 Å². The van der Waals surface area contributed by atoms with Gasteiger partial charge in [0.1, 0.15) is 0 Å². The summed E-state index contributed by atoms with van der Waals surface area (Å²) in [7, 11) is 1.89. The molecular weight excluding hydrogens is 214 g/mol. The smallest absolute Gasteiger partial charge is 0.165 e. The van der Waals surface area contributed by atoms with Gasteiger partial charge in [0.25, 0.3) is 0 Å². The molecule has 1 unspecified atom stereocenters. The quantitative estimate of drug-likeness (QED) is 0.840. The lowest BCUT2D eigenvalue weighted by molar-refractivity contribution is 0.502. The summed E-state index contributed by atoms with van der Waals surface area (Å²) in [5, 5.41) is 14.8. The van der Waals surface area contributed by atoms with Crippen molar-refractivity contribution >= 4 is 0 Å². The van der Waals surface area contributed by atoms with Gasteiger partial charge in [-0.1, -0.05) is 37.3 Å². The SMILES string of the molecule is CNCc1nnnn1CC(C)c1ccccc1. The van der Waals surface area contributed by atoms with Crippen LogP contribution in [0.1, 0.15) is 24.2 Å². The molecule has 0 amide bonds. The molecule has 1 N–H and O–H groups in total. The molecule has 5 heteroatoms. The topological polar surface area (TPSA) is 55.6 Å². The number of aromatic nitrogens is 4. The second kappa shape index (κ2) is 5.54. The summed E-state index contributed by atoms with van der Waals surface area (Å²) in [6.45, 7) is 3.67. The highest BCUT2D eigenvalue weighted by Crippen LogP contribution is 2.16. The monoisotopic (exact) mass is 231 g/mol. The maximum Gasteiger partial charge on any atom is 0.165 e. The Labute approximate surface area is 101 Å². The van der Waals surface area contributed by atoms with Crippen molar-refractivity contribution in [1.29, 1.82) is 0 Å². The molecule has 0 aliphatic heterocycles. The van der Waals surface area contributed by atoms with E-state index in [-0.39, 0.29) is 0 Å². The first-order valence-corrected chi connectivity index (χ1v) is 5.76. The zero-order valence-corrected chi connectivity index (χ0v) is 10.2. The number of tetrazole rings is 1. The van der Waals surface area contributed by atoms with E-state index in [0.29, 0.717) is 12.5 Å². The molecule has 1 heterocycles. The number of nitrogens with one attached hydrogen (secondary N) is 1. The van der Waals surface area contributed by atoms with E-state index < -0.39 is 0 Å². The fourth-order valence-electron chi connectivity index (χ4n) is 1.80. The number of hydrogen-bond acceptors (Lipinski definition) is 4. The molecule has 1 atom stereocenters. The van der Waals surface area contributed by atoms with Gasteiger partial charge < -0.3 is 5.32 Å². The predicted octanol–water partition coefficient (Wildman–Crippen LogP) is 1.20. The van der Waals surface area contributed by atoms with Crippen molar-refractivity contribution in [2.24, 2.45) is 0 Å². The summed E-state index contributed by atoms with van der Waals surface area (Å²) in [5.41, 5.74) is 1.30. The van der Waals surface area contributed by atoms with Crippen LogP contribution in [-0.4, -0.2) is 27.3 Å². The van der Waals surface area contributed by atoms with Gasteiger partial charge in [0, 0.05) is 5.92 Å². The lowest BCUT2D eigenvalue weighted by atomic mass is 10.0. The molecule has 0 spiro atoms. The number of benzene rings is 1. The van der Waals surface area contributed by atoms with E-state index in [1.165, 1.54) is 5.56 Å². The van der Waals surface area contributed by atoms with Crippen molar-refractivity contribution in [2.45, 2.75) is 25.9 Å². The molecule has 0 saturated carbocycles. The van der Waals surface area contributed by atoms with Crippen LogP contribution in [-0.2, 0) is 13.1 Å². The Morgan fingerprint density at radius 3 is 2.76 bits per heavy atom. The van der Waals surface area contributed by atoms with E-state index in [0.717, 1.165) is 12.4 Å². The third-order valence-corrected chi connectivity index (χ3v) is 2.76. The fourth-order valence-corrected chi connectivity index (χ4v) is 1.80. The van der Waals surface area contributed by atoms with Gasteiger partial charge in [-0.25, -0.2) is 4.68 Å². The fraction of sp³-hybridized carbons (Fsp3) is 0.417. The van der Waals surface area contributed by atoms with Crippen LogP contribution in [0, 0.1) is 0 Å². The lowest BCUT2D eigenvalue weighted by Gasteiger charge is -2.12. The molecule has 0 bridgehead atoms. The third kappa shape index (κ3) is 2.88. The van der Waals surface area contributed by atoms with Crippen LogP contribution in [0.4, 0.5) is 0 Å².